The van der Waals surface area contributed by atoms with E-state index in [1.165, 1.54) is 0 Å². The predicted molar refractivity (Wildman–Crippen MR) is 75.7 cm³/mol. The number of carboxylic acid groups (broad SMARTS) is 1. The zero-order valence-electron chi connectivity index (χ0n) is 13.0. The predicted octanol–water partition coefficient (Wildman–Crippen LogP) is 1.84. The third-order valence-electron chi connectivity index (χ3n) is 3.66. The Morgan fingerprint density at radius 2 is 2.05 bits per heavy atom. The van der Waals surface area contributed by atoms with Crippen molar-refractivity contribution in [1.82, 2.24) is 10.2 Å². The number of aliphatic carboxylic acids is 1. The Hall–Kier alpha value is -1.30. The fraction of sp³-hybridized carbons (Fsp3) is 0.857. The van der Waals surface area contributed by atoms with Crippen LogP contribution < -0.4 is 5.32 Å². The van der Waals surface area contributed by atoms with Gasteiger partial charge in [0.2, 0.25) is 0 Å². The van der Waals surface area contributed by atoms with Crippen LogP contribution in [-0.4, -0.2) is 52.3 Å². The molecule has 20 heavy (non-hydrogen) atoms. The van der Waals surface area contributed by atoms with Crippen molar-refractivity contribution in [2.75, 3.05) is 13.1 Å². The van der Waals surface area contributed by atoms with E-state index in [1.807, 2.05) is 0 Å². The van der Waals surface area contributed by atoms with Gasteiger partial charge in [-0.3, -0.25) is 4.90 Å². The van der Waals surface area contributed by atoms with Crippen LogP contribution in [0.4, 0.5) is 4.79 Å². The first-order valence-electron chi connectivity index (χ1n) is 7.08. The maximum Gasteiger partial charge on any atom is 0.408 e. The first-order valence-corrected chi connectivity index (χ1v) is 7.08. The van der Waals surface area contributed by atoms with Crippen molar-refractivity contribution in [3.63, 3.8) is 0 Å². The number of rotatable bonds is 4. The summed E-state index contributed by atoms with van der Waals surface area (Å²) >= 11 is 0. The van der Waals surface area contributed by atoms with Crippen LogP contribution in [0, 0.1) is 0 Å². The highest BCUT2D eigenvalue weighted by atomic mass is 16.6. The van der Waals surface area contributed by atoms with Crippen molar-refractivity contribution in [3.05, 3.63) is 0 Å². The molecule has 0 bridgehead atoms. The van der Waals surface area contributed by atoms with Crippen molar-refractivity contribution in [1.29, 1.82) is 0 Å². The number of ether oxygens (including phenoxy) is 1. The number of hydrogen-bond donors (Lipinski definition) is 2. The first-order chi connectivity index (χ1) is 9.09. The Kier molecular flexibility index (Phi) is 5.02. The van der Waals surface area contributed by atoms with Crippen molar-refractivity contribution in [2.24, 2.45) is 0 Å². The summed E-state index contributed by atoms with van der Waals surface area (Å²) in [6, 6.07) is 0.302. The van der Waals surface area contributed by atoms with Gasteiger partial charge in [-0.1, -0.05) is 6.92 Å². The van der Waals surface area contributed by atoms with E-state index >= 15 is 0 Å². The summed E-state index contributed by atoms with van der Waals surface area (Å²) in [4.78, 5) is 25.5. The van der Waals surface area contributed by atoms with E-state index in [9.17, 15) is 14.7 Å². The van der Waals surface area contributed by atoms with Gasteiger partial charge in [0.25, 0.3) is 0 Å². The molecule has 1 fully saturated rings. The Morgan fingerprint density at radius 1 is 1.45 bits per heavy atom. The molecule has 1 aliphatic rings. The number of nitrogens with zero attached hydrogens (tertiary/aromatic N) is 1. The standard InChI is InChI=1S/C14H26N2O4/c1-6-10(2)16-8-7-14(9-16,11(17)18)15-12(19)20-13(3,4)5/h10H,6-9H2,1-5H3,(H,15,19)(H,17,18). The molecule has 0 spiro atoms. The molecule has 2 atom stereocenters. The molecule has 6 heteroatoms. The number of nitrogens with one attached hydrogen (secondary N) is 1. The number of amides is 1. The van der Waals surface area contributed by atoms with E-state index in [4.69, 9.17) is 4.74 Å². The molecule has 0 aromatic heterocycles. The van der Waals surface area contributed by atoms with Crippen LogP contribution in [0.2, 0.25) is 0 Å². The Labute approximate surface area is 120 Å². The smallest absolute Gasteiger partial charge is 0.408 e. The lowest BCUT2D eigenvalue weighted by atomic mass is 9.99. The van der Waals surface area contributed by atoms with Gasteiger partial charge in [0.15, 0.2) is 5.54 Å². The van der Waals surface area contributed by atoms with Crippen molar-refractivity contribution < 1.29 is 19.4 Å². The minimum atomic E-state index is -1.24. The molecule has 0 radical (unpaired) electrons. The number of carbonyl (C=O) groups excluding carboxylic acids is 1. The molecule has 0 aromatic carbocycles. The zero-order chi connectivity index (χ0) is 15.6. The SMILES string of the molecule is CCC(C)N1CCC(NC(=O)OC(C)(C)C)(C(=O)O)C1. The minimum Gasteiger partial charge on any atom is -0.479 e. The Morgan fingerprint density at radius 3 is 2.50 bits per heavy atom. The fourth-order valence-corrected chi connectivity index (χ4v) is 2.30. The molecular formula is C14H26N2O4. The zero-order valence-corrected chi connectivity index (χ0v) is 13.0. The van der Waals surface area contributed by atoms with Gasteiger partial charge in [0, 0.05) is 19.1 Å². The quantitative estimate of drug-likeness (QED) is 0.824. The van der Waals surface area contributed by atoms with Gasteiger partial charge in [-0.25, -0.2) is 9.59 Å². The van der Waals surface area contributed by atoms with Crippen LogP contribution in [0.5, 0.6) is 0 Å². The van der Waals surface area contributed by atoms with Gasteiger partial charge >= 0.3 is 12.1 Å². The van der Waals surface area contributed by atoms with Crippen LogP contribution in [-0.2, 0) is 9.53 Å². The highest BCUT2D eigenvalue weighted by Crippen LogP contribution is 2.25. The third-order valence-corrected chi connectivity index (χ3v) is 3.66. The molecule has 1 aliphatic heterocycles. The topological polar surface area (TPSA) is 78.9 Å². The normalized spacial score (nSPS) is 25.2. The van der Waals surface area contributed by atoms with Crippen LogP contribution in [0.1, 0.15) is 47.5 Å². The number of carboxylic acids is 1. The molecule has 1 rings (SSSR count). The van der Waals surface area contributed by atoms with Crippen LogP contribution in [0.25, 0.3) is 0 Å². The van der Waals surface area contributed by atoms with Crippen molar-refractivity contribution in [3.8, 4) is 0 Å². The maximum absolute atomic E-state index is 11.9. The van der Waals surface area contributed by atoms with Crippen LogP contribution >= 0.6 is 0 Å². The molecule has 2 unspecified atom stereocenters. The molecule has 0 aromatic rings. The number of alkyl carbamates (subject to hydrolysis) is 1. The molecule has 1 amide bonds. The van der Waals surface area contributed by atoms with Crippen molar-refractivity contribution in [2.45, 2.75) is 64.6 Å². The summed E-state index contributed by atoms with van der Waals surface area (Å²) in [5.74, 6) is -1.01. The van der Waals surface area contributed by atoms with E-state index in [2.05, 4.69) is 24.1 Å². The second kappa shape index (κ2) is 5.99. The lowest BCUT2D eigenvalue weighted by molar-refractivity contribution is -0.144. The largest absolute Gasteiger partial charge is 0.479 e. The number of carbonyl (C=O) groups is 2. The first kappa shape index (κ1) is 16.8. The molecular weight excluding hydrogens is 260 g/mol. The maximum atomic E-state index is 11.9. The van der Waals surface area contributed by atoms with Crippen LogP contribution in [0.3, 0.4) is 0 Å². The summed E-state index contributed by atoms with van der Waals surface area (Å²) in [6.07, 6.45) is 0.666. The van der Waals surface area contributed by atoms with Crippen molar-refractivity contribution >= 4 is 12.1 Å². The molecule has 1 saturated heterocycles. The minimum absolute atomic E-state index is 0.302. The van der Waals surface area contributed by atoms with Crippen LogP contribution in [0.15, 0.2) is 0 Å². The van der Waals surface area contributed by atoms with Gasteiger partial charge in [-0.15, -0.1) is 0 Å². The van der Waals surface area contributed by atoms with E-state index in [0.29, 0.717) is 25.6 Å². The fourth-order valence-electron chi connectivity index (χ4n) is 2.30. The molecule has 116 valence electrons. The second-order valence-corrected chi connectivity index (χ2v) is 6.49. The summed E-state index contributed by atoms with van der Waals surface area (Å²) in [5, 5.41) is 12.0. The van der Waals surface area contributed by atoms with Gasteiger partial charge in [0.05, 0.1) is 0 Å². The van der Waals surface area contributed by atoms with E-state index in [-0.39, 0.29) is 0 Å². The molecule has 0 saturated carbocycles. The Bertz CT molecular complexity index is 378. The molecule has 6 nitrogen and oxygen atoms in total. The summed E-state index contributed by atoms with van der Waals surface area (Å²) in [5.41, 5.74) is -1.88. The molecule has 0 aliphatic carbocycles. The summed E-state index contributed by atoms with van der Waals surface area (Å²) in [6.45, 7) is 10.4. The molecule has 1 heterocycles. The lowest BCUT2D eigenvalue weighted by Crippen LogP contribution is -2.57. The third kappa shape index (κ3) is 4.10. The Balaban J connectivity index is 2.76. The lowest BCUT2D eigenvalue weighted by Gasteiger charge is -2.29. The van der Waals surface area contributed by atoms with Gasteiger partial charge in [0.1, 0.15) is 5.60 Å². The average molecular weight is 286 g/mol. The highest BCUT2D eigenvalue weighted by molar-refractivity contribution is 5.85. The van der Waals surface area contributed by atoms with E-state index < -0.39 is 23.2 Å². The monoisotopic (exact) mass is 286 g/mol. The highest BCUT2D eigenvalue weighted by Gasteiger charge is 2.47. The number of hydrogen-bond acceptors (Lipinski definition) is 4. The molecule has 2 N–H and O–H groups in total. The number of likely N-dealkylation sites (tertiary alicyclic amines) is 1. The summed E-state index contributed by atoms with van der Waals surface area (Å²) in [7, 11) is 0. The van der Waals surface area contributed by atoms with E-state index in [1.54, 1.807) is 20.8 Å². The summed E-state index contributed by atoms with van der Waals surface area (Å²) < 4.78 is 5.16. The van der Waals surface area contributed by atoms with Gasteiger partial charge < -0.3 is 15.2 Å². The van der Waals surface area contributed by atoms with Gasteiger partial charge in [-0.2, -0.15) is 0 Å². The average Bonchev–Trinajstić information content (AvgIpc) is 2.70. The van der Waals surface area contributed by atoms with E-state index in [0.717, 1.165) is 6.42 Å². The second-order valence-electron chi connectivity index (χ2n) is 6.49. The van der Waals surface area contributed by atoms with Gasteiger partial charge in [-0.05, 0) is 40.5 Å².